The topological polar surface area (TPSA) is 95.5 Å². The minimum Gasteiger partial charge on any atom is -0.480 e. The first kappa shape index (κ1) is 13.4. The van der Waals surface area contributed by atoms with Gasteiger partial charge in [0.05, 0.1) is 5.92 Å². The van der Waals surface area contributed by atoms with Gasteiger partial charge in [-0.1, -0.05) is 13.8 Å². The number of carbonyl (C=O) groups is 3. The molecule has 6 nitrogen and oxygen atoms in total. The lowest BCUT2D eigenvalue weighted by atomic mass is 10.1. The lowest BCUT2D eigenvalue weighted by Gasteiger charge is -2.11. The number of aliphatic carboxylic acids is 1. The van der Waals surface area contributed by atoms with Crippen molar-refractivity contribution in [3.63, 3.8) is 0 Å². The Morgan fingerprint density at radius 2 is 1.87 bits per heavy atom. The average molecular weight is 216 g/mol. The van der Waals surface area contributed by atoms with Crippen molar-refractivity contribution in [3.05, 3.63) is 0 Å². The van der Waals surface area contributed by atoms with Crippen LogP contribution < -0.4 is 10.6 Å². The van der Waals surface area contributed by atoms with E-state index in [1.165, 1.54) is 0 Å². The molecule has 0 aromatic heterocycles. The molecule has 1 unspecified atom stereocenters. The van der Waals surface area contributed by atoms with E-state index in [-0.39, 0.29) is 18.4 Å². The predicted octanol–water partition coefficient (Wildman–Crippen LogP) is -0.650. The van der Waals surface area contributed by atoms with Gasteiger partial charge in [-0.15, -0.1) is 0 Å². The van der Waals surface area contributed by atoms with Crippen LogP contribution in [0.15, 0.2) is 0 Å². The highest BCUT2D eigenvalue weighted by atomic mass is 16.4. The first-order valence-corrected chi connectivity index (χ1v) is 4.73. The van der Waals surface area contributed by atoms with Crippen LogP contribution >= 0.6 is 0 Å². The first-order chi connectivity index (χ1) is 6.97. The molecule has 0 aliphatic rings. The SMILES string of the molecule is CCC(=O)NCC(C)C(=O)NCC(=O)O. The molecule has 0 bridgehead atoms. The molecule has 0 spiro atoms. The first-order valence-electron chi connectivity index (χ1n) is 4.73. The molecule has 0 saturated carbocycles. The molecule has 0 rings (SSSR count). The molecule has 1 atom stereocenters. The normalized spacial score (nSPS) is 11.6. The largest absolute Gasteiger partial charge is 0.480 e. The van der Waals surface area contributed by atoms with E-state index in [1.807, 2.05) is 0 Å². The summed E-state index contributed by atoms with van der Waals surface area (Å²) in [6.07, 6.45) is 0.365. The van der Waals surface area contributed by atoms with E-state index in [0.717, 1.165) is 0 Å². The Kier molecular flexibility index (Phi) is 6.08. The van der Waals surface area contributed by atoms with Gasteiger partial charge in [-0.25, -0.2) is 0 Å². The van der Waals surface area contributed by atoms with Gasteiger partial charge in [0.1, 0.15) is 6.54 Å². The third-order valence-electron chi connectivity index (χ3n) is 1.79. The van der Waals surface area contributed by atoms with E-state index in [9.17, 15) is 14.4 Å². The fourth-order valence-corrected chi connectivity index (χ4v) is 0.822. The number of hydrogen-bond donors (Lipinski definition) is 3. The van der Waals surface area contributed by atoms with Crippen LogP contribution in [-0.4, -0.2) is 36.0 Å². The second-order valence-corrected chi connectivity index (χ2v) is 3.17. The van der Waals surface area contributed by atoms with Crippen LogP contribution in [0.1, 0.15) is 20.3 Å². The maximum Gasteiger partial charge on any atom is 0.322 e. The molecule has 0 aliphatic carbocycles. The number of hydrogen-bond acceptors (Lipinski definition) is 3. The number of nitrogens with one attached hydrogen (secondary N) is 2. The lowest BCUT2D eigenvalue weighted by molar-refractivity contribution is -0.138. The van der Waals surface area contributed by atoms with Crippen LogP contribution in [0.2, 0.25) is 0 Å². The molecular weight excluding hydrogens is 200 g/mol. The van der Waals surface area contributed by atoms with Gasteiger partial charge in [0, 0.05) is 13.0 Å². The van der Waals surface area contributed by atoms with E-state index in [4.69, 9.17) is 5.11 Å². The monoisotopic (exact) mass is 216 g/mol. The minimum atomic E-state index is -1.09. The van der Waals surface area contributed by atoms with Gasteiger partial charge in [0.25, 0.3) is 0 Å². The molecule has 0 heterocycles. The van der Waals surface area contributed by atoms with Gasteiger partial charge in [-0.3, -0.25) is 14.4 Å². The number of carbonyl (C=O) groups excluding carboxylic acids is 2. The maximum absolute atomic E-state index is 11.2. The van der Waals surface area contributed by atoms with Gasteiger partial charge in [0.15, 0.2) is 0 Å². The summed E-state index contributed by atoms with van der Waals surface area (Å²) in [5.74, 6) is -2.03. The standard InChI is InChI=1S/C9H16N2O4/c1-3-7(12)10-4-6(2)9(15)11-5-8(13)14/h6H,3-5H2,1-2H3,(H,10,12)(H,11,15)(H,13,14). The summed E-state index contributed by atoms with van der Waals surface area (Å²) in [5.41, 5.74) is 0. The average Bonchev–Trinajstić information content (AvgIpc) is 2.21. The number of carboxylic acids is 1. The van der Waals surface area contributed by atoms with E-state index >= 15 is 0 Å². The van der Waals surface area contributed by atoms with E-state index in [0.29, 0.717) is 6.42 Å². The van der Waals surface area contributed by atoms with Crippen LogP contribution in [0.25, 0.3) is 0 Å². The molecule has 0 aromatic rings. The third-order valence-corrected chi connectivity index (χ3v) is 1.79. The maximum atomic E-state index is 11.2. The van der Waals surface area contributed by atoms with Crippen LogP contribution in [0.4, 0.5) is 0 Å². The molecule has 2 amide bonds. The second-order valence-electron chi connectivity index (χ2n) is 3.17. The van der Waals surface area contributed by atoms with Gasteiger partial charge < -0.3 is 15.7 Å². The Balaban J connectivity index is 3.78. The van der Waals surface area contributed by atoms with Gasteiger partial charge in [0.2, 0.25) is 11.8 Å². The Morgan fingerprint density at radius 3 is 2.33 bits per heavy atom. The van der Waals surface area contributed by atoms with Gasteiger partial charge in [-0.05, 0) is 0 Å². The molecule has 6 heteroatoms. The Bertz CT molecular complexity index is 252. The smallest absolute Gasteiger partial charge is 0.322 e. The summed E-state index contributed by atoms with van der Waals surface area (Å²) in [5, 5.41) is 13.1. The summed E-state index contributed by atoms with van der Waals surface area (Å²) in [7, 11) is 0. The zero-order valence-corrected chi connectivity index (χ0v) is 8.87. The zero-order valence-electron chi connectivity index (χ0n) is 8.87. The summed E-state index contributed by atoms with van der Waals surface area (Å²) >= 11 is 0. The second kappa shape index (κ2) is 6.80. The van der Waals surface area contributed by atoms with Gasteiger partial charge >= 0.3 is 5.97 Å². The Hall–Kier alpha value is -1.59. The highest BCUT2D eigenvalue weighted by Crippen LogP contribution is 1.92. The molecule has 0 fully saturated rings. The fourth-order valence-electron chi connectivity index (χ4n) is 0.822. The molecule has 0 saturated heterocycles. The molecule has 3 N–H and O–H groups in total. The van der Waals surface area contributed by atoms with Crippen molar-refractivity contribution in [1.82, 2.24) is 10.6 Å². The van der Waals surface area contributed by atoms with Crippen LogP contribution in [0, 0.1) is 5.92 Å². The van der Waals surface area contributed by atoms with Crippen LogP contribution in [0.5, 0.6) is 0 Å². The molecule has 0 radical (unpaired) electrons. The highest BCUT2D eigenvalue weighted by Gasteiger charge is 2.13. The summed E-state index contributed by atoms with van der Waals surface area (Å²) in [4.78, 5) is 32.2. The number of carboxylic acid groups (broad SMARTS) is 1. The molecule has 86 valence electrons. The Morgan fingerprint density at radius 1 is 1.27 bits per heavy atom. The van der Waals surface area contributed by atoms with Crippen molar-refractivity contribution in [2.24, 2.45) is 5.92 Å². The summed E-state index contributed by atoms with van der Waals surface area (Å²) in [6, 6.07) is 0. The van der Waals surface area contributed by atoms with E-state index in [1.54, 1.807) is 13.8 Å². The fraction of sp³-hybridized carbons (Fsp3) is 0.667. The molecule has 0 aromatic carbocycles. The Labute approximate surface area is 88.0 Å². The van der Waals surface area contributed by atoms with Crippen molar-refractivity contribution < 1.29 is 19.5 Å². The molecule has 15 heavy (non-hydrogen) atoms. The summed E-state index contributed by atoms with van der Waals surface area (Å²) < 4.78 is 0. The minimum absolute atomic E-state index is 0.132. The summed E-state index contributed by atoms with van der Waals surface area (Å²) in [6.45, 7) is 3.15. The number of amides is 2. The third kappa shape index (κ3) is 6.48. The quantitative estimate of drug-likeness (QED) is 0.549. The zero-order chi connectivity index (χ0) is 11.8. The van der Waals surface area contributed by atoms with E-state index in [2.05, 4.69) is 10.6 Å². The highest BCUT2D eigenvalue weighted by molar-refractivity contribution is 5.83. The number of rotatable bonds is 6. The van der Waals surface area contributed by atoms with Crippen molar-refractivity contribution in [2.75, 3.05) is 13.1 Å². The molecular formula is C9H16N2O4. The van der Waals surface area contributed by atoms with Crippen LogP contribution in [0.3, 0.4) is 0 Å². The molecule has 0 aliphatic heterocycles. The van der Waals surface area contributed by atoms with Crippen LogP contribution in [-0.2, 0) is 14.4 Å². The van der Waals surface area contributed by atoms with E-state index < -0.39 is 18.4 Å². The van der Waals surface area contributed by atoms with Gasteiger partial charge in [-0.2, -0.15) is 0 Å². The van der Waals surface area contributed by atoms with Crippen molar-refractivity contribution in [3.8, 4) is 0 Å². The van der Waals surface area contributed by atoms with Crippen molar-refractivity contribution >= 4 is 17.8 Å². The lowest BCUT2D eigenvalue weighted by Crippen LogP contribution is -2.39. The van der Waals surface area contributed by atoms with Crippen molar-refractivity contribution in [1.29, 1.82) is 0 Å². The van der Waals surface area contributed by atoms with Crippen molar-refractivity contribution in [2.45, 2.75) is 20.3 Å². The predicted molar refractivity (Wildman–Crippen MR) is 53.1 cm³/mol.